The van der Waals surface area contributed by atoms with Gasteiger partial charge in [-0.3, -0.25) is 4.40 Å². The van der Waals surface area contributed by atoms with Crippen LogP contribution in [0.2, 0.25) is 0 Å². The van der Waals surface area contributed by atoms with Gasteiger partial charge in [0, 0.05) is 13.0 Å². The molecule has 0 saturated heterocycles. The Hall–Kier alpha value is -1.40. The number of hydrogen-bond donors (Lipinski definition) is 1. The number of carbonyl (C=O) groups is 1. The molecule has 0 aliphatic rings. The maximum atomic E-state index is 11.7. The number of ether oxygens (including phenoxy) is 1. The van der Waals surface area contributed by atoms with Crippen LogP contribution in [0.4, 0.5) is 0 Å². The van der Waals surface area contributed by atoms with E-state index in [4.69, 9.17) is 4.74 Å². The van der Waals surface area contributed by atoms with E-state index < -0.39 is 5.97 Å². The first-order valence-electron chi connectivity index (χ1n) is 5.57. The molecule has 2 aromatic heterocycles. The fourth-order valence-corrected chi connectivity index (χ4v) is 2.37. The Morgan fingerprint density at radius 1 is 1.56 bits per heavy atom. The first kappa shape index (κ1) is 13.0. The summed E-state index contributed by atoms with van der Waals surface area (Å²) in [6, 6.07) is 5.64. The summed E-state index contributed by atoms with van der Waals surface area (Å²) >= 11 is 3.47. The van der Waals surface area contributed by atoms with Crippen LogP contribution < -0.4 is 5.32 Å². The van der Waals surface area contributed by atoms with E-state index in [1.54, 1.807) is 0 Å². The smallest absolute Gasteiger partial charge is 0.358 e. The number of hydrogen-bond acceptors (Lipinski definition) is 4. The molecule has 1 N–H and O–H groups in total. The van der Waals surface area contributed by atoms with Crippen molar-refractivity contribution in [3.63, 3.8) is 0 Å². The average molecular weight is 312 g/mol. The first-order valence-corrected chi connectivity index (χ1v) is 6.37. The molecule has 0 aliphatic carbocycles. The number of nitrogens with zero attached hydrogens (tertiary/aromatic N) is 2. The number of fused-ring (bicyclic) bond motifs is 1. The molecular formula is C12H14BrN3O2. The Morgan fingerprint density at radius 3 is 3.00 bits per heavy atom. The van der Waals surface area contributed by atoms with Gasteiger partial charge in [0.25, 0.3) is 0 Å². The first-order chi connectivity index (χ1) is 8.69. The van der Waals surface area contributed by atoms with Gasteiger partial charge in [-0.1, -0.05) is 6.07 Å². The van der Waals surface area contributed by atoms with Gasteiger partial charge in [-0.2, -0.15) is 0 Å². The highest BCUT2D eigenvalue weighted by Crippen LogP contribution is 2.20. The number of imidazole rings is 1. The van der Waals surface area contributed by atoms with E-state index >= 15 is 0 Å². The third kappa shape index (κ3) is 2.26. The fourth-order valence-electron chi connectivity index (χ4n) is 1.82. The second-order valence-electron chi connectivity index (χ2n) is 3.79. The van der Waals surface area contributed by atoms with Gasteiger partial charge in [0.2, 0.25) is 0 Å². The monoisotopic (exact) mass is 311 g/mol. The highest BCUT2D eigenvalue weighted by Gasteiger charge is 2.18. The zero-order valence-corrected chi connectivity index (χ0v) is 11.8. The number of rotatable bonds is 4. The van der Waals surface area contributed by atoms with Gasteiger partial charge >= 0.3 is 5.97 Å². The van der Waals surface area contributed by atoms with Crippen molar-refractivity contribution in [1.29, 1.82) is 0 Å². The lowest BCUT2D eigenvalue weighted by atomic mass is 10.3. The maximum absolute atomic E-state index is 11.7. The molecule has 0 aromatic carbocycles. The summed E-state index contributed by atoms with van der Waals surface area (Å²) in [6.07, 6.45) is 0.733. The zero-order valence-electron chi connectivity index (χ0n) is 10.2. The molecule has 0 unspecified atom stereocenters. The Balaban J connectivity index is 2.60. The van der Waals surface area contributed by atoms with Crippen LogP contribution in [0, 0.1) is 0 Å². The van der Waals surface area contributed by atoms with Crippen molar-refractivity contribution in [2.24, 2.45) is 0 Å². The van der Waals surface area contributed by atoms with Gasteiger partial charge in [-0.05, 0) is 35.1 Å². The summed E-state index contributed by atoms with van der Waals surface area (Å²) < 4.78 is 7.55. The molecule has 0 radical (unpaired) electrons. The van der Waals surface area contributed by atoms with Crippen molar-refractivity contribution < 1.29 is 9.53 Å². The van der Waals surface area contributed by atoms with Gasteiger partial charge in [0.1, 0.15) is 5.82 Å². The van der Waals surface area contributed by atoms with Crippen molar-refractivity contribution in [1.82, 2.24) is 14.7 Å². The van der Waals surface area contributed by atoms with Gasteiger partial charge in [0.05, 0.1) is 17.2 Å². The van der Waals surface area contributed by atoms with E-state index in [0.29, 0.717) is 5.69 Å². The largest absolute Gasteiger partial charge is 0.464 e. The molecule has 0 fully saturated rings. The van der Waals surface area contributed by atoms with Crippen LogP contribution in [0.1, 0.15) is 16.3 Å². The number of carbonyl (C=O) groups excluding carboxylic acids is 1. The Labute approximate surface area is 113 Å². The van der Waals surface area contributed by atoms with E-state index in [0.717, 1.165) is 28.9 Å². The molecule has 2 rings (SSSR count). The minimum absolute atomic E-state index is 0.352. The van der Waals surface area contributed by atoms with Crippen molar-refractivity contribution in [3.05, 3.63) is 34.3 Å². The number of aromatic nitrogens is 2. The predicted octanol–water partition coefficient (Wildman–Crippen LogP) is 1.65. The molecule has 18 heavy (non-hydrogen) atoms. The van der Waals surface area contributed by atoms with Crippen molar-refractivity contribution >= 4 is 27.4 Å². The SMILES string of the molecule is CNCCc1nc(C(=O)OC)c2cccc(Br)n12. The normalized spacial score (nSPS) is 10.8. The summed E-state index contributed by atoms with van der Waals surface area (Å²) in [5.74, 6) is 0.411. The van der Waals surface area contributed by atoms with Crippen LogP contribution in [-0.4, -0.2) is 36.1 Å². The van der Waals surface area contributed by atoms with E-state index in [1.165, 1.54) is 7.11 Å². The molecule has 0 saturated carbocycles. The molecule has 96 valence electrons. The number of nitrogens with one attached hydrogen (secondary N) is 1. The molecule has 6 heteroatoms. The highest BCUT2D eigenvalue weighted by atomic mass is 79.9. The molecule has 0 spiro atoms. The quantitative estimate of drug-likeness (QED) is 0.689. The third-order valence-electron chi connectivity index (χ3n) is 2.66. The zero-order chi connectivity index (χ0) is 13.1. The molecule has 0 aliphatic heterocycles. The minimum Gasteiger partial charge on any atom is -0.464 e. The van der Waals surface area contributed by atoms with Crippen molar-refractivity contribution in [2.45, 2.75) is 6.42 Å². The molecule has 0 atom stereocenters. The molecule has 2 aromatic rings. The summed E-state index contributed by atoms with van der Waals surface area (Å²) in [5.41, 5.74) is 1.10. The van der Waals surface area contributed by atoms with Crippen LogP contribution in [0.15, 0.2) is 22.8 Å². The Morgan fingerprint density at radius 2 is 2.33 bits per heavy atom. The highest BCUT2D eigenvalue weighted by molar-refractivity contribution is 9.10. The van der Waals surface area contributed by atoms with Crippen LogP contribution in [0.5, 0.6) is 0 Å². The van der Waals surface area contributed by atoms with Gasteiger partial charge in [-0.15, -0.1) is 0 Å². The maximum Gasteiger partial charge on any atom is 0.358 e. The average Bonchev–Trinajstić information content (AvgIpc) is 2.75. The lowest BCUT2D eigenvalue weighted by molar-refractivity contribution is 0.0597. The van der Waals surface area contributed by atoms with Gasteiger partial charge in [0.15, 0.2) is 5.69 Å². The Bertz CT molecular complexity index is 580. The second-order valence-corrected chi connectivity index (χ2v) is 4.60. The van der Waals surface area contributed by atoms with Crippen LogP contribution >= 0.6 is 15.9 Å². The summed E-state index contributed by atoms with van der Waals surface area (Å²) in [7, 11) is 3.24. The molecule has 2 heterocycles. The van der Waals surface area contributed by atoms with Gasteiger partial charge in [-0.25, -0.2) is 9.78 Å². The summed E-state index contributed by atoms with van der Waals surface area (Å²) in [6.45, 7) is 0.793. The summed E-state index contributed by atoms with van der Waals surface area (Å²) in [5, 5.41) is 3.07. The predicted molar refractivity (Wildman–Crippen MR) is 71.9 cm³/mol. The van der Waals surface area contributed by atoms with Crippen LogP contribution in [0.3, 0.4) is 0 Å². The van der Waals surface area contributed by atoms with Gasteiger partial charge < -0.3 is 10.1 Å². The molecule has 0 amide bonds. The number of pyridine rings is 1. The second kappa shape index (κ2) is 5.49. The third-order valence-corrected chi connectivity index (χ3v) is 3.28. The van der Waals surface area contributed by atoms with E-state index in [9.17, 15) is 4.79 Å². The van der Waals surface area contributed by atoms with Crippen molar-refractivity contribution in [2.75, 3.05) is 20.7 Å². The molecular weight excluding hydrogens is 298 g/mol. The number of esters is 1. The number of methoxy groups -OCH3 is 1. The topological polar surface area (TPSA) is 55.6 Å². The van der Waals surface area contributed by atoms with Crippen molar-refractivity contribution in [3.8, 4) is 0 Å². The lowest BCUT2D eigenvalue weighted by Crippen LogP contribution is -2.12. The Kier molecular flexibility index (Phi) is 3.98. The van der Waals surface area contributed by atoms with E-state index in [-0.39, 0.29) is 0 Å². The minimum atomic E-state index is -0.415. The lowest BCUT2D eigenvalue weighted by Gasteiger charge is -2.03. The van der Waals surface area contributed by atoms with E-state index in [1.807, 2.05) is 29.6 Å². The van der Waals surface area contributed by atoms with Crippen LogP contribution in [-0.2, 0) is 11.2 Å². The number of likely N-dealkylation sites (N-methyl/N-ethyl adjacent to an activating group) is 1. The molecule has 0 bridgehead atoms. The molecule has 5 nitrogen and oxygen atoms in total. The number of halogens is 1. The van der Waals surface area contributed by atoms with E-state index in [2.05, 4.69) is 26.2 Å². The van der Waals surface area contributed by atoms with Crippen LogP contribution in [0.25, 0.3) is 5.52 Å². The summed E-state index contributed by atoms with van der Waals surface area (Å²) in [4.78, 5) is 16.1. The fraction of sp³-hybridized carbons (Fsp3) is 0.333. The standard InChI is InChI=1S/C12H14BrN3O2/c1-14-7-6-10-15-11(12(17)18-2)8-4-3-5-9(13)16(8)10/h3-5,14H,6-7H2,1-2H3.